The Morgan fingerprint density at radius 3 is 2.75 bits per heavy atom. The topological polar surface area (TPSA) is 36.4 Å². The minimum absolute atomic E-state index is 0. The fourth-order valence-corrected chi connectivity index (χ4v) is 3.35. The molecule has 0 fully saturated rings. The van der Waals surface area contributed by atoms with Gasteiger partial charge in [-0.25, -0.2) is 0 Å². The lowest BCUT2D eigenvalue weighted by Gasteiger charge is -2.10. The van der Waals surface area contributed by atoms with Gasteiger partial charge in [-0.15, -0.1) is 35.3 Å². The van der Waals surface area contributed by atoms with Crippen LogP contribution < -0.4 is 10.6 Å². The van der Waals surface area contributed by atoms with Crippen molar-refractivity contribution in [3.63, 3.8) is 0 Å². The van der Waals surface area contributed by atoms with E-state index in [4.69, 9.17) is 11.6 Å². The first-order chi connectivity index (χ1) is 9.28. The number of hydrogen-bond donors (Lipinski definition) is 2. The van der Waals surface area contributed by atoms with E-state index in [0.29, 0.717) is 0 Å². The van der Waals surface area contributed by atoms with Crippen LogP contribution in [0.1, 0.15) is 10.4 Å². The van der Waals surface area contributed by atoms with E-state index < -0.39 is 0 Å². The molecular weight excluding hydrogens is 425 g/mol. The molecule has 0 unspecified atom stereocenters. The third kappa shape index (κ3) is 5.99. The summed E-state index contributed by atoms with van der Waals surface area (Å²) in [5.41, 5.74) is 1.28. The van der Waals surface area contributed by atoms with E-state index >= 15 is 0 Å². The van der Waals surface area contributed by atoms with E-state index in [-0.39, 0.29) is 24.0 Å². The van der Waals surface area contributed by atoms with Crippen molar-refractivity contribution in [2.75, 3.05) is 13.6 Å². The maximum absolute atomic E-state index is 5.90. The highest BCUT2D eigenvalue weighted by Crippen LogP contribution is 2.21. The van der Waals surface area contributed by atoms with Crippen molar-refractivity contribution in [3.8, 4) is 0 Å². The van der Waals surface area contributed by atoms with Crippen molar-refractivity contribution in [2.24, 2.45) is 4.99 Å². The molecule has 2 heterocycles. The number of nitrogens with one attached hydrogen (secondary N) is 2. The van der Waals surface area contributed by atoms with E-state index in [1.54, 1.807) is 29.7 Å². The monoisotopic (exact) mass is 441 g/mol. The number of guanidine groups is 1. The van der Waals surface area contributed by atoms with Crippen LogP contribution in [0, 0.1) is 0 Å². The van der Waals surface area contributed by atoms with Crippen LogP contribution in [-0.2, 0) is 13.0 Å². The van der Waals surface area contributed by atoms with Crippen LogP contribution in [0.15, 0.2) is 34.0 Å². The standard InChI is InChI=1S/C13H16ClN3S2.HI/c1-15-13(17-8-10-5-7-18-9-10)16-6-4-11-2-3-12(14)19-11;/h2-3,5,7,9H,4,6,8H2,1H3,(H2,15,16,17);1H. The largest absolute Gasteiger partial charge is 0.356 e. The Bertz CT molecular complexity index is 525. The lowest BCUT2D eigenvalue weighted by Crippen LogP contribution is -2.37. The maximum atomic E-state index is 5.90. The number of halogens is 2. The molecule has 20 heavy (non-hydrogen) atoms. The van der Waals surface area contributed by atoms with Gasteiger partial charge in [0, 0.05) is 25.0 Å². The van der Waals surface area contributed by atoms with Gasteiger partial charge in [0.25, 0.3) is 0 Å². The Balaban J connectivity index is 0.00000200. The molecule has 0 aliphatic carbocycles. The number of nitrogens with zero attached hydrogens (tertiary/aromatic N) is 1. The van der Waals surface area contributed by atoms with E-state index in [1.165, 1.54) is 10.4 Å². The summed E-state index contributed by atoms with van der Waals surface area (Å²) >= 11 is 9.23. The summed E-state index contributed by atoms with van der Waals surface area (Å²) in [7, 11) is 1.78. The molecule has 0 bridgehead atoms. The second-order valence-electron chi connectivity index (χ2n) is 3.94. The second kappa shape index (κ2) is 9.59. The predicted molar refractivity (Wildman–Crippen MR) is 101 cm³/mol. The van der Waals surface area contributed by atoms with Gasteiger partial charge in [0.2, 0.25) is 0 Å². The average Bonchev–Trinajstić information content (AvgIpc) is 3.05. The molecule has 0 aliphatic rings. The van der Waals surface area contributed by atoms with Crippen molar-refractivity contribution >= 4 is 64.2 Å². The quantitative estimate of drug-likeness (QED) is 0.418. The Kier molecular flexibility index (Phi) is 8.51. The molecule has 0 amide bonds. The first kappa shape index (κ1) is 17.7. The molecule has 2 rings (SSSR count). The summed E-state index contributed by atoms with van der Waals surface area (Å²) in [5, 5.41) is 10.8. The van der Waals surface area contributed by atoms with Gasteiger partial charge in [0.05, 0.1) is 4.34 Å². The fourth-order valence-electron chi connectivity index (χ4n) is 1.59. The molecule has 0 aromatic carbocycles. The number of aliphatic imine (C=N–C) groups is 1. The van der Waals surface area contributed by atoms with Gasteiger partial charge in [-0.3, -0.25) is 4.99 Å². The zero-order valence-electron chi connectivity index (χ0n) is 11.1. The Hall–Kier alpha value is -0.310. The predicted octanol–water partition coefficient (Wildman–Crippen LogP) is 3.99. The van der Waals surface area contributed by atoms with E-state index in [0.717, 1.165) is 29.8 Å². The molecule has 0 saturated carbocycles. The van der Waals surface area contributed by atoms with Crippen molar-refractivity contribution < 1.29 is 0 Å². The van der Waals surface area contributed by atoms with Gasteiger partial charge in [0.1, 0.15) is 0 Å². The molecule has 2 N–H and O–H groups in total. The normalized spacial score (nSPS) is 11.0. The Labute approximate surface area is 149 Å². The molecule has 110 valence electrons. The molecule has 2 aromatic heterocycles. The zero-order valence-corrected chi connectivity index (χ0v) is 15.8. The summed E-state index contributed by atoms with van der Waals surface area (Å²) in [6.45, 7) is 1.65. The van der Waals surface area contributed by atoms with Crippen molar-refractivity contribution in [1.29, 1.82) is 0 Å². The Morgan fingerprint density at radius 2 is 2.15 bits per heavy atom. The summed E-state index contributed by atoms with van der Waals surface area (Å²) in [5.74, 6) is 0.828. The van der Waals surface area contributed by atoms with E-state index in [9.17, 15) is 0 Å². The summed E-state index contributed by atoms with van der Waals surface area (Å²) < 4.78 is 0.843. The SMILES string of the molecule is CN=C(NCCc1ccc(Cl)s1)NCc1ccsc1.I. The summed E-state index contributed by atoms with van der Waals surface area (Å²) in [6, 6.07) is 6.11. The molecule has 7 heteroatoms. The number of rotatable bonds is 5. The lowest BCUT2D eigenvalue weighted by atomic mass is 10.3. The van der Waals surface area contributed by atoms with Crippen molar-refractivity contribution in [3.05, 3.63) is 43.7 Å². The van der Waals surface area contributed by atoms with Gasteiger partial charge < -0.3 is 10.6 Å². The molecule has 2 aromatic rings. The third-order valence-electron chi connectivity index (χ3n) is 2.56. The molecule has 0 radical (unpaired) electrons. The van der Waals surface area contributed by atoms with Crippen LogP contribution >= 0.6 is 58.3 Å². The van der Waals surface area contributed by atoms with E-state index in [1.807, 2.05) is 6.07 Å². The molecule has 0 atom stereocenters. The van der Waals surface area contributed by atoms with E-state index in [2.05, 4.69) is 38.5 Å². The molecule has 0 aliphatic heterocycles. The average molecular weight is 442 g/mol. The zero-order chi connectivity index (χ0) is 13.5. The minimum atomic E-state index is 0. The van der Waals surface area contributed by atoms with Gasteiger partial charge in [-0.1, -0.05) is 11.6 Å². The van der Waals surface area contributed by atoms with Gasteiger partial charge in [0.15, 0.2) is 5.96 Å². The highest BCUT2D eigenvalue weighted by molar-refractivity contribution is 14.0. The lowest BCUT2D eigenvalue weighted by molar-refractivity contribution is 0.800. The fraction of sp³-hybridized carbons (Fsp3) is 0.308. The molecule has 0 saturated heterocycles. The van der Waals surface area contributed by atoms with Crippen molar-refractivity contribution in [1.82, 2.24) is 10.6 Å². The van der Waals surface area contributed by atoms with Crippen molar-refractivity contribution in [2.45, 2.75) is 13.0 Å². The highest BCUT2D eigenvalue weighted by atomic mass is 127. The van der Waals surface area contributed by atoms with Crippen LogP contribution in [0.4, 0.5) is 0 Å². The Morgan fingerprint density at radius 1 is 1.30 bits per heavy atom. The third-order valence-corrected chi connectivity index (χ3v) is 4.58. The van der Waals surface area contributed by atoms with Crippen LogP contribution in [0.25, 0.3) is 0 Å². The smallest absolute Gasteiger partial charge is 0.191 e. The number of hydrogen-bond acceptors (Lipinski definition) is 3. The molecule has 0 spiro atoms. The maximum Gasteiger partial charge on any atom is 0.191 e. The molecule has 3 nitrogen and oxygen atoms in total. The second-order valence-corrected chi connectivity index (χ2v) is 6.52. The summed E-state index contributed by atoms with van der Waals surface area (Å²) in [4.78, 5) is 5.48. The van der Waals surface area contributed by atoms with Crippen LogP contribution in [0.2, 0.25) is 4.34 Å². The first-order valence-corrected chi connectivity index (χ1v) is 8.11. The minimum Gasteiger partial charge on any atom is -0.356 e. The molecular formula is C13H17ClIN3S2. The van der Waals surface area contributed by atoms with Gasteiger partial charge in [-0.2, -0.15) is 11.3 Å². The van der Waals surface area contributed by atoms with Crippen LogP contribution in [0.5, 0.6) is 0 Å². The number of thiophene rings is 2. The summed E-state index contributed by atoms with van der Waals surface area (Å²) in [6.07, 6.45) is 0.955. The first-order valence-electron chi connectivity index (χ1n) is 5.98. The van der Waals surface area contributed by atoms with Crippen LogP contribution in [-0.4, -0.2) is 19.6 Å². The van der Waals surface area contributed by atoms with Gasteiger partial charge in [-0.05, 0) is 40.9 Å². The highest BCUT2D eigenvalue weighted by Gasteiger charge is 2.00. The van der Waals surface area contributed by atoms with Crippen LogP contribution in [0.3, 0.4) is 0 Å². The van der Waals surface area contributed by atoms with Gasteiger partial charge >= 0.3 is 0 Å².